The maximum Gasteiger partial charge on any atom is 0.257 e. The summed E-state index contributed by atoms with van der Waals surface area (Å²) in [5.41, 5.74) is 2.08. The molecule has 2 atom stereocenters. The Kier molecular flexibility index (Phi) is 5.72. The maximum atomic E-state index is 13.1. The van der Waals surface area contributed by atoms with Crippen LogP contribution in [-0.2, 0) is 10.0 Å². The zero-order valence-corrected chi connectivity index (χ0v) is 21.0. The van der Waals surface area contributed by atoms with Crippen molar-refractivity contribution in [1.29, 1.82) is 0 Å². The van der Waals surface area contributed by atoms with Crippen LogP contribution in [0, 0.1) is 18.8 Å². The molecule has 0 saturated carbocycles. The first-order valence-corrected chi connectivity index (χ1v) is 13.9. The summed E-state index contributed by atoms with van der Waals surface area (Å²) < 4.78 is 29.7. The number of hydrogen-bond donors (Lipinski definition) is 1. The third kappa shape index (κ3) is 4.28. The smallest absolute Gasteiger partial charge is 0.257 e. The van der Waals surface area contributed by atoms with E-state index in [1.165, 1.54) is 23.5 Å². The van der Waals surface area contributed by atoms with Crippen molar-refractivity contribution in [2.24, 2.45) is 11.8 Å². The van der Waals surface area contributed by atoms with E-state index >= 15 is 0 Å². The Labute approximate surface area is 200 Å². The molecule has 1 aliphatic rings. The second-order valence-corrected chi connectivity index (χ2v) is 12.9. The van der Waals surface area contributed by atoms with Crippen LogP contribution in [0.4, 0.5) is 5.13 Å². The Balaban J connectivity index is 1.35. The number of fused-ring (bicyclic) bond motifs is 3. The van der Waals surface area contributed by atoms with Crippen LogP contribution in [-0.4, -0.2) is 41.7 Å². The van der Waals surface area contributed by atoms with Gasteiger partial charge in [-0.05, 0) is 61.6 Å². The highest BCUT2D eigenvalue weighted by molar-refractivity contribution is 7.89. The Morgan fingerprint density at radius 2 is 1.73 bits per heavy atom. The molecule has 7 nitrogen and oxygen atoms in total. The van der Waals surface area contributed by atoms with Crippen molar-refractivity contribution < 1.29 is 13.2 Å². The normalized spacial score (nSPS) is 19.8. The molecular formula is C23H24N4O3S3. The number of carbonyl (C=O) groups is 1. The number of aryl methyl sites for hydroxylation is 1. The first-order valence-electron chi connectivity index (χ1n) is 10.8. The van der Waals surface area contributed by atoms with Gasteiger partial charge in [0.05, 0.1) is 24.8 Å². The molecule has 10 heteroatoms. The van der Waals surface area contributed by atoms with Crippen molar-refractivity contribution in [2.45, 2.75) is 32.1 Å². The minimum absolute atomic E-state index is 0.210. The summed E-state index contributed by atoms with van der Waals surface area (Å²) in [4.78, 5) is 22.1. The summed E-state index contributed by atoms with van der Waals surface area (Å²) in [5.74, 6) is 0.331. The van der Waals surface area contributed by atoms with Gasteiger partial charge in [-0.2, -0.15) is 4.31 Å². The Bertz CT molecular complexity index is 1450. The second-order valence-electron chi connectivity index (χ2n) is 8.76. The number of nitrogens with zero attached hydrogens (tertiary/aromatic N) is 3. The molecule has 1 N–H and O–H groups in total. The Morgan fingerprint density at radius 1 is 1.03 bits per heavy atom. The maximum absolute atomic E-state index is 13.1. The fraction of sp³-hybridized carbons (Fsp3) is 0.348. The van der Waals surface area contributed by atoms with E-state index in [4.69, 9.17) is 0 Å². The number of carbonyl (C=O) groups excluding carboxylic acids is 1. The predicted molar refractivity (Wildman–Crippen MR) is 134 cm³/mol. The van der Waals surface area contributed by atoms with Gasteiger partial charge in [-0.15, -0.1) is 11.3 Å². The van der Waals surface area contributed by atoms with E-state index in [2.05, 4.69) is 29.1 Å². The fourth-order valence-corrected chi connectivity index (χ4v) is 7.97. The monoisotopic (exact) mass is 500 g/mol. The van der Waals surface area contributed by atoms with Gasteiger partial charge in [0, 0.05) is 18.7 Å². The van der Waals surface area contributed by atoms with Gasteiger partial charge in [0.15, 0.2) is 5.13 Å². The van der Waals surface area contributed by atoms with Gasteiger partial charge < -0.3 is 0 Å². The summed E-state index contributed by atoms with van der Waals surface area (Å²) in [6, 6.07) is 10.0. The van der Waals surface area contributed by atoms with Crippen LogP contribution in [0.1, 0.15) is 35.6 Å². The number of hydrogen-bond acceptors (Lipinski definition) is 7. The number of benzene rings is 2. The molecule has 0 bridgehead atoms. The number of sulfonamides is 1. The lowest BCUT2D eigenvalue weighted by Gasteiger charge is -2.34. The first-order chi connectivity index (χ1) is 15.7. The summed E-state index contributed by atoms with van der Waals surface area (Å²) in [6.45, 7) is 7.18. The standard InChI is InChI=1S/C23H24N4O3S3/c1-13-10-14(2)12-27(11-13)33(29,30)17-6-4-16(5-7-17)22(28)26-23-25-18-8-9-19-20(21(18)32-23)24-15(3)31-19/h4-9,13-14H,10-12H2,1-3H3,(H,25,26,28)/t13-,14-/m1/s1. The molecule has 1 aliphatic heterocycles. The second kappa shape index (κ2) is 8.43. The van der Waals surface area contributed by atoms with Crippen molar-refractivity contribution in [3.63, 3.8) is 0 Å². The van der Waals surface area contributed by atoms with Gasteiger partial charge in [0.1, 0.15) is 5.52 Å². The average molecular weight is 501 g/mol. The molecule has 3 heterocycles. The van der Waals surface area contributed by atoms with Gasteiger partial charge in [0.2, 0.25) is 10.0 Å². The van der Waals surface area contributed by atoms with Crippen LogP contribution in [0.2, 0.25) is 0 Å². The quantitative estimate of drug-likeness (QED) is 0.419. The number of nitrogens with one attached hydrogen (secondary N) is 1. The number of thiazole rings is 2. The van der Waals surface area contributed by atoms with Crippen LogP contribution in [0.25, 0.3) is 20.4 Å². The van der Waals surface area contributed by atoms with Gasteiger partial charge in [-0.3, -0.25) is 10.1 Å². The van der Waals surface area contributed by atoms with Crippen molar-refractivity contribution in [3.05, 3.63) is 47.0 Å². The van der Waals surface area contributed by atoms with Crippen molar-refractivity contribution in [1.82, 2.24) is 14.3 Å². The minimum atomic E-state index is -3.58. The van der Waals surface area contributed by atoms with E-state index in [0.717, 1.165) is 31.9 Å². The largest absolute Gasteiger partial charge is 0.298 e. The molecule has 2 aromatic heterocycles. The summed E-state index contributed by atoms with van der Waals surface area (Å²) in [5, 5.41) is 4.31. The van der Waals surface area contributed by atoms with Gasteiger partial charge in [-0.25, -0.2) is 18.4 Å². The van der Waals surface area contributed by atoms with E-state index in [1.54, 1.807) is 27.8 Å². The number of aromatic nitrogens is 2. The van der Waals surface area contributed by atoms with Gasteiger partial charge in [0.25, 0.3) is 5.91 Å². The fourth-order valence-electron chi connectivity index (χ4n) is 4.44. The van der Waals surface area contributed by atoms with Crippen molar-refractivity contribution in [3.8, 4) is 0 Å². The topological polar surface area (TPSA) is 92.3 Å². The molecule has 172 valence electrons. The Hall–Kier alpha value is -2.40. The lowest BCUT2D eigenvalue weighted by molar-refractivity contribution is 0.102. The molecule has 2 aromatic carbocycles. The summed E-state index contributed by atoms with van der Waals surface area (Å²) in [7, 11) is -3.58. The Morgan fingerprint density at radius 3 is 2.42 bits per heavy atom. The van der Waals surface area contributed by atoms with Crippen LogP contribution in [0.3, 0.4) is 0 Å². The van der Waals surface area contributed by atoms with E-state index < -0.39 is 10.0 Å². The zero-order valence-electron chi connectivity index (χ0n) is 18.5. The minimum Gasteiger partial charge on any atom is -0.298 e. The highest BCUT2D eigenvalue weighted by atomic mass is 32.2. The van der Waals surface area contributed by atoms with E-state index in [-0.39, 0.29) is 10.8 Å². The van der Waals surface area contributed by atoms with Crippen LogP contribution in [0.15, 0.2) is 41.3 Å². The summed E-state index contributed by atoms with van der Waals surface area (Å²) in [6.07, 6.45) is 1.03. The molecule has 1 saturated heterocycles. The molecule has 5 rings (SSSR count). The molecule has 1 fully saturated rings. The molecule has 33 heavy (non-hydrogen) atoms. The molecule has 0 radical (unpaired) electrons. The molecule has 0 spiro atoms. The molecule has 1 amide bonds. The third-order valence-corrected chi connectivity index (χ3v) is 9.61. The van der Waals surface area contributed by atoms with Crippen LogP contribution < -0.4 is 5.32 Å². The SMILES string of the molecule is Cc1nc2c(ccc3nc(NC(=O)c4ccc(S(=O)(=O)N5C[C@H](C)C[C@@H](C)C5)cc4)sc32)s1. The number of amides is 1. The van der Waals surface area contributed by atoms with Gasteiger partial charge in [-0.1, -0.05) is 25.2 Å². The lowest BCUT2D eigenvalue weighted by Crippen LogP contribution is -2.42. The molecule has 4 aromatic rings. The van der Waals surface area contributed by atoms with Crippen molar-refractivity contribution >= 4 is 64.2 Å². The first kappa shape index (κ1) is 22.4. The van der Waals surface area contributed by atoms with E-state index in [0.29, 0.717) is 35.6 Å². The predicted octanol–water partition coefficient (Wildman–Crippen LogP) is 5.13. The van der Waals surface area contributed by atoms with E-state index in [9.17, 15) is 13.2 Å². The highest BCUT2D eigenvalue weighted by Gasteiger charge is 2.31. The third-order valence-electron chi connectivity index (χ3n) is 5.83. The highest BCUT2D eigenvalue weighted by Crippen LogP contribution is 2.35. The molecular weight excluding hydrogens is 476 g/mol. The van der Waals surface area contributed by atoms with Gasteiger partial charge >= 0.3 is 0 Å². The summed E-state index contributed by atoms with van der Waals surface area (Å²) >= 11 is 3.02. The average Bonchev–Trinajstić information content (AvgIpc) is 3.35. The zero-order chi connectivity index (χ0) is 23.3. The van der Waals surface area contributed by atoms with Crippen molar-refractivity contribution in [2.75, 3.05) is 18.4 Å². The number of anilines is 1. The van der Waals surface area contributed by atoms with Crippen LogP contribution >= 0.6 is 22.7 Å². The molecule has 0 aliphatic carbocycles. The molecule has 0 unspecified atom stereocenters. The number of rotatable bonds is 4. The lowest BCUT2D eigenvalue weighted by atomic mass is 9.94. The van der Waals surface area contributed by atoms with E-state index in [1.807, 2.05) is 19.1 Å². The number of piperidine rings is 1. The van der Waals surface area contributed by atoms with Crippen LogP contribution in [0.5, 0.6) is 0 Å².